The van der Waals surface area contributed by atoms with Crippen molar-refractivity contribution in [3.05, 3.63) is 59.7 Å². The number of anilines is 1. The zero-order valence-corrected chi connectivity index (χ0v) is 14.7. The van der Waals surface area contributed by atoms with Crippen LogP contribution in [0.4, 0.5) is 23.7 Å². The highest BCUT2D eigenvalue weighted by atomic mass is 19.4. The largest absolute Gasteiger partial charge is 0.471 e. The Hall–Kier alpha value is -2.70. The standard InChI is InChI=1S/C19H21F3N2O2/c1-12(2)14-8-10-15(11-9-14)26-13(3)23-18(25)24-17-7-5-4-6-16(17)19(20,21)22/h4-13H,1-3H3,(H2,23,24,25). The normalized spacial score (nSPS) is 12.6. The fraction of sp³-hybridized carbons (Fsp3) is 0.316. The number of hydrogen-bond donors (Lipinski definition) is 2. The van der Waals surface area contributed by atoms with Crippen LogP contribution in [-0.4, -0.2) is 12.3 Å². The molecule has 4 nitrogen and oxygen atoms in total. The van der Waals surface area contributed by atoms with E-state index in [0.29, 0.717) is 11.7 Å². The van der Waals surface area contributed by atoms with Crippen molar-refractivity contribution in [2.24, 2.45) is 0 Å². The Morgan fingerprint density at radius 3 is 2.19 bits per heavy atom. The molecule has 0 bridgehead atoms. The molecule has 0 aliphatic carbocycles. The van der Waals surface area contributed by atoms with Gasteiger partial charge in [0.15, 0.2) is 6.23 Å². The Bertz CT molecular complexity index is 743. The molecule has 0 saturated heterocycles. The summed E-state index contributed by atoms with van der Waals surface area (Å²) in [7, 11) is 0. The fourth-order valence-electron chi connectivity index (χ4n) is 2.35. The van der Waals surface area contributed by atoms with Crippen molar-refractivity contribution in [3.63, 3.8) is 0 Å². The van der Waals surface area contributed by atoms with E-state index in [9.17, 15) is 18.0 Å². The molecule has 2 aromatic rings. The van der Waals surface area contributed by atoms with Gasteiger partial charge in [0.1, 0.15) is 5.75 Å². The number of hydrogen-bond acceptors (Lipinski definition) is 2. The van der Waals surface area contributed by atoms with Gasteiger partial charge in [-0.25, -0.2) is 4.79 Å². The number of rotatable bonds is 5. The molecule has 0 fully saturated rings. The molecule has 26 heavy (non-hydrogen) atoms. The minimum Gasteiger partial charge on any atom is -0.471 e. The molecule has 0 saturated carbocycles. The van der Waals surface area contributed by atoms with Gasteiger partial charge in [-0.3, -0.25) is 0 Å². The second kappa shape index (κ2) is 8.12. The number of nitrogens with one attached hydrogen (secondary N) is 2. The van der Waals surface area contributed by atoms with Crippen molar-refractivity contribution in [1.29, 1.82) is 0 Å². The molecule has 2 aromatic carbocycles. The van der Waals surface area contributed by atoms with Crippen LogP contribution in [0.1, 0.15) is 37.8 Å². The molecule has 2 rings (SSSR count). The number of carbonyl (C=O) groups excluding carboxylic acids is 1. The maximum Gasteiger partial charge on any atom is 0.418 e. The number of para-hydroxylation sites is 1. The summed E-state index contributed by atoms with van der Waals surface area (Å²) in [5.41, 5.74) is -0.0709. The molecule has 0 aromatic heterocycles. The molecule has 0 radical (unpaired) electrons. The van der Waals surface area contributed by atoms with E-state index in [0.717, 1.165) is 11.6 Å². The van der Waals surface area contributed by atoms with Crippen molar-refractivity contribution in [2.75, 3.05) is 5.32 Å². The van der Waals surface area contributed by atoms with E-state index in [1.807, 2.05) is 12.1 Å². The highest BCUT2D eigenvalue weighted by Crippen LogP contribution is 2.34. The number of halogens is 3. The van der Waals surface area contributed by atoms with Crippen molar-refractivity contribution in [1.82, 2.24) is 5.32 Å². The summed E-state index contributed by atoms with van der Waals surface area (Å²) < 4.78 is 44.4. The van der Waals surface area contributed by atoms with Crippen molar-refractivity contribution < 1.29 is 22.7 Å². The lowest BCUT2D eigenvalue weighted by molar-refractivity contribution is -0.136. The van der Waals surface area contributed by atoms with Gasteiger partial charge in [-0.05, 0) is 42.7 Å². The van der Waals surface area contributed by atoms with E-state index in [4.69, 9.17) is 4.74 Å². The first kappa shape index (κ1) is 19.6. The summed E-state index contributed by atoms with van der Waals surface area (Å²) in [6.45, 7) is 5.73. The number of amides is 2. The molecule has 7 heteroatoms. The van der Waals surface area contributed by atoms with E-state index < -0.39 is 24.0 Å². The van der Waals surface area contributed by atoms with Gasteiger partial charge in [-0.15, -0.1) is 0 Å². The molecule has 0 aliphatic heterocycles. The van der Waals surface area contributed by atoms with Crippen LogP contribution in [0.2, 0.25) is 0 Å². The molecule has 0 aliphatic rings. The number of ether oxygens (including phenoxy) is 1. The first-order valence-electron chi connectivity index (χ1n) is 8.17. The van der Waals surface area contributed by atoms with Crippen LogP contribution in [0.3, 0.4) is 0 Å². The molecule has 2 N–H and O–H groups in total. The Morgan fingerprint density at radius 1 is 1.00 bits per heavy atom. The maximum atomic E-state index is 12.9. The molecule has 0 spiro atoms. The average molecular weight is 366 g/mol. The first-order valence-corrected chi connectivity index (χ1v) is 8.17. The zero-order valence-electron chi connectivity index (χ0n) is 14.7. The Balaban J connectivity index is 1.95. The van der Waals surface area contributed by atoms with E-state index in [2.05, 4.69) is 24.5 Å². The van der Waals surface area contributed by atoms with Crippen LogP contribution in [0.25, 0.3) is 0 Å². The molecule has 2 amide bonds. The number of carbonyl (C=O) groups is 1. The fourth-order valence-corrected chi connectivity index (χ4v) is 2.35. The SMILES string of the molecule is CC(NC(=O)Nc1ccccc1C(F)(F)F)Oc1ccc(C(C)C)cc1. The van der Waals surface area contributed by atoms with E-state index in [1.165, 1.54) is 18.2 Å². The Kier molecular flexibility index (Phi) is 6.13. The maximum absolute atomic E-state index is 12.9. The predicted octanol–water partition coefficient (Wildman–Crippen LogP) is 5.38. The van der Waals surface area contributed by atoms with Crippen LogP contribution >= 0.6 is 0 Å². The van der Waals surface area contributed by atoms with E-state index in [-0.39, 0.29) is 5.69 Å². The number of alkyl halides is 3. The van der Waals surface area contributed by atoms with Gasteiger partial charge in [0.25, 0.3) is 0 Å². The lowest BCUT2D eigenvalue weighted by Gasteiger charge is -2.18. The highest BCUT2D eigenvalue weighted by Gasteiger charge is 2.33. The van der Waals surface area contributed by atoms with Gasteiger partial charge >= 0.3 is 12.2 Å². The minimum absolute atomic E-state index is 0.314. The van der Waals surface area contributed by atoms with Gasteiger partial charge in [0.05, 0.1) is 11.3 Å². The summed E-state index contributed by atoms with van der Waals surface area (Å²) in [6.07, 6.45) is -5.28. The van der Waals surface area contributed by atoms with Crippen LogP contribution in [0, 0.1) is 0 Å². The second-order valence-electron chi connectivity index (χ2n) is 6.13. The van der Waals surface area contributed by atoms with Gasteiger partial charge in [-0.2, -0.15) is 13.2 Å². The summed E-state index contributed by atoms with van der Waals surface area (Å²) in [6, 6.07) is 11.4. The highest BCUT2D eigenvalue weighted by molar-refractivity contribution is 5.90. The van der Waals surface area contributed by atoms with Gasteiger partial charge < -0.3 is 15.4 Å². The summed E-state index contributed by atoms with van der Waals surface area (Å²) in [5, 5.41) is 4.66. The molecule has 1 unspecified atom stereocenters. The Labute approximate surface area is 150 Å². The quantitative estimate of drug-likeness (QED) is 0.699. The summed E-state index contributed by atoms with van der Waals surface area (Å²) >= 11 is 0. The lowest BCUT2D eigenvalue weighted by Crippen LogP contribution is -2.39. The van der Waals surface area contributed by atoms with Gasteiger partial charge in [0.2, 0.25) is 0 Å². The van der Waals surface area contributed by atoms with Crippen LogP contribution in [0.5, 0.6) is 5.75 Å². The van der Waals surface area contributed by atoms with Crippen molar-refractivity contribution >= 4 is 11.7 Å². The third kappa shape index (κ3) is 5.40. The zero-order chi connectivity index (χ0) is 19.3. The molecular weight excluding hydrogens is 345 g/mol. The minimum atomic E-state index is -4.55. The third-order valence-electron chi connectivity index (χ3n) is 3.67. The van der Waals surface area contributed by atoms with E-state index in [1.54, 1.807) is 19.1 Å². The smallest absolute Gasteiger partial charge is 0.418 e. The Morgan fingerprint density at radius 2 is 1.62 bits per heavy atom. The summed E-state index contributed by atoms with van der Waals surface area (Å²) in [5.74, 6) is 0.942. The van der Waals surface area contributed by atoms with Crippen LogP contribution in [0.15, 0.2) is 48.5 Å². The molecule has 140 valence electrons. The van der Waals surface area contributed by atoms with Gasteiger partial charge in [-0.1, -0.05) is 38.1 Å². The second-order valence-corrected chi connectivity index (χ2v) is 6.13. The van der Waals surface area contributed by atoms with Crippen LogP contribution < -0.4 is 15.4 Å². The monoisotopic (exact) mass is 366 g/mol. The van der Waals surface area contributed by atoms with Crippen molar-refractivity contribution in [2.45, 2.75) is 39.1 Å². The van der Waals surface area contributed by atoms with Gasteiger partial charge in [0, 0.05) is 0 Å². The topological polar surface area (TPSA) is 50.4 Å². The van der Waals surface area contributed by atoms with E-state index >= 15 is 0 Å². The number of urea groups is 1. The first-order chi connectivity index (χ1) is 12.2. The predicted molar refractivity (Wildman–Crippen MR) is 94.2 cm³/mol. The number of benzene rings is 2. The lowest BCUT2D eigenvalue weighted by atomic mass is 10.0. The van der Waals surface area contributed by atoms with Crippen molar-refractivity contribution in [3.8, 4) is 5.75 Å². The third-order valence-corrected chi connectivity index (χ3v) is 3.67. The van der Waals surface area contributed by atoms with Crippen LogP contribution in [-0.2, 0) is 6.18 Å². The average Bonchev–Trinajstić information content (AvgIpc) is 2.54. The molecular formula is C19H21F3N2O2. The molecule has 1 atom stereocenters. The molecule has 0 heterocycles. The summed E-state index contributed by atoms with van der Waals surface area (Å²) in [4.78, 5) is 12.0.